The molecule has 2 heterocycles. The quantitative estimate of drug-likeness (QED) is 0.782. The van der Waals surface area contributed by atoms with Gasteiger partial charge in [0.25, 0.3) is 0 Å². The van der Waals surface area contributed by atoms with Gasteiger partial charge in [-0.1, -0.05) is 20.8 Å². The Labute approximate surface area is 128 Å². The van der Waals surface area contributed by atoms with E-state index in [1.54, 1.807) is 0 Å². The molecule has 21 heavy (non-hydrogen) atoms. The van der Waals surface area contributed by atoms with Crippen molar-refractivity contribution in [2.24, 2.45) is 11.8 Å². The Kier molecular flexibility index (Phi) is 5.65. The van der Waals surface area contributed by atoms with Gasteiger partial charge in [-0.25, -0.2) is 0 Å². The summed E-state index contributed by atoms with van der Waals surface area (Å²) in [5.74, 6) is 0.886. The molecule has 4 heteroatoms. The lowest BCUT2D eigenvalue weighted by molar-refractivity contribution is -0.139. The van der Waals surface area contributed by atoms with Gasteiger partial charge in [0.1, 0.15) is 0 Å². The summed E-state index contributed by atoms with van der Waals surface area (Å²) in [6, 6.07) is 0.395. The molecule has 0 radical (unpaired) electrons. The van der Waals surface area contributed by atoms with E-state index in [0.717, 1.165) is 38.8 Å². The molecular formula is C17H30N2O2. The Morgan fingerprint density at radius 3 is 2.76 bits per heavy atom. The summed E-state index contributed by atoms with van der Waals surface area (Å²) in [5.41, 5.74) is 0. The molecule has 4 nitrogen and oxygen atoms in total. The van der Waals surface area contributed by atoms with Crippen LogP contribution < -0.4 is 0 Å². The van der Waals surface area contributed by atoms with Crippen molar-refractivity contribution in [3.63, 3.8) is 0 Å². The van der Waals surface area contributed by atoms with Crippen molar-refractivity contribution in [1.82, 2.24) is 9.80 Å². The lowest BCUT2D eigenvalue weighted by Crippen LogP contribution is -2.46. The number of nitrogens with zero attached hydrogens (tertiary/aromatic N) is 2. The van der Waals surface area contributed by atoms with E-state index < -0.39 is 0 Å². The second-order valence-corrected chi connectivity index (χ2v) is 7.01. The van der Waals surface area contributed by atoms with Crippen LogP contribution in [0.4, 0.5) is 0 Å². The summed E-state index contributed by atoms with van der Waals surface area (Å²) in [6.07, 6.45) is 5.94. The maximum atomic E-state index is 12.7. The molecule has 120 valence electrons. The molecule has 2 atom stereocenters. The highest BCUT2D eigenvalue weighted by atomic mass is 16.2. The Bertz CT molecular complexity index is 381. The van der Waals surface area contributed by atoms with E-state index in [2.05, 4.69) is 25.7 Å². The van der Waals surface area contributed by atoms with Crippen LogP contribution in [-0.4, -0.2) is 47.3 Å². The van der Waals surface area contributed by atoms with Crippen molar-refractivity contribution < 1.29 is 9.59 Å². The van der Waals surface area contributed by atoms with Crippen LogP contribution in [0.15, 0.2) is 0 Å². The number of amides is 2. The average molecular weight is 294 g/mol. The minimum Gasteiger partial charge on any atom is -0.342 e. The monoisotopic (exact) mass is 294 g/mol. The van der Waals surface area contributed by atoms with E-state index in [0.29, 0.717) is 24.9 Å². The number of hydrogen-bond acceptors (Lipinski definition) is 2. The first-order valence-electron chi connectivity index (χ1n) is 8.61. The van der Waals surface area contributed by atoms with Gasteiger partial charge in [0.15, 0.2) is 0 Å². The van der Waals surface area contributed by atoms with Crippen molar-refractivity contribution in [2.75, 3.05) is 19.6 Å². The molecule has 2 unspecified atom stereocenters. The molecule has 2 aliphatic rings. The topological polar surface area (TPSA) is 40.6 Å². The highest BCUT2D eigenvalue weighted by molar-refractivity contribution is 5.89. The molecule has 2 amide bonds. The molecule has 2 fully saturated rings. The molecule has 0 saturated carbocycles. The third-order valence-corrected chi connectivity index (χ3v) is 4.92. The number of hydrogen-bond donors (Lipinski definition) is 0. The van der Waals surface area contributed by atoms with Gasteiger partial charge in [-0.2, -0.15) is 0 Å². The van der Waals surface area contributed by atoms with E-state index in [1.165, 1.54) is 6.42 Å². The second-order valence-electron chi connectivity index (χ2n) is 7.01. The molecule has 0 aromatic heterocycles. The Morgan fingerprint density at radius 2 is 2.10 bits per heavy atom. The smallest absolute Gasteiger partial charge is 0.228 e. The Morgan fingerprint density at radius 1 is 1.33 bits per heavy atom. The van der Waals surface area contributed by atoms with Crippen molar-refractivity contribution >= 4 is 11.8 Å². The van der Waals surface area contributed by atoms with Crippen molar-refractivity contribution in [1.29, 1.82) is 0 Å². The summed E-state index contributed by atoms with van der Waals surface area (Å²) in [4.78, 5) is 28.8. The molecule has 0 aromatic rings. The highest BCUT2D eigenvalue weighted by Crippen LogP contribution is 2.26. The summed E-state index contributed by atoms with van der Waals surface area (Å²) < 4.78 is 0. The first-order valence-corrected chi connectivity index (χ1v) is 8.61. The lowest BCUT2D eigenvalue weighted by atomic mass is 9.97. The zero-order valence-electron chi connectivity index (χ0n) is 13.8. The number of piperidine rings is 1. The number of likely N-dealkylation sites (tertiary alicyclic amines) is 2. The fourth-order valence-electron chi connectivity index (χ4n) is 3.52. The van der Waals surface area contributed by atoms with Gasteiger partial charge in [0.2, 0.25) is 11.8 Å². The first-order chi connectivity index (χ1) is 10.0. The van der Waals surface area contributed by atoms with E-state index in [1.807, 2.05) is 4.90 Å². The number of carbonyl (C=O) groups excluding carboxylic acids is 2. The first kappa shape index (κ1) is 16.3. The summed E-state index contributed by atoms with van der Waals surface area (Å²) in [7, 11) is 0. The summed E-state index contributed by atoms with van der Waals surface area (Å²) in [6.45, 7) is 8.82. The van der Waals surface area contributed by atoms with Gasteiger partial charge in [0, 0.05) is 32.1 Å². The van der Waals surface area contributed by atoms with Crippen molar-refractivity contribution in [2.45, 2.75) is 65.3 Å². The SMILES string of the molecule is CCC1CCCCN1C(=O)C1CC(=O)N(CCC(C)C)C1. The predicted molar refractivity (Wildman–Crippen MR) is 83.8 cm³/mol. The van der Waals surface area contributed by atoms with Gasteiger partial charge in [0.05, 0.1) is 5.92 Å². The van der Waals surface area contributed by atoms with Crippen LogP contribution in [0.1, 0.15) is 59.3 Å². The number of rotatable bonds is 5. The van der Waals surface area contributed by atoms with Crippen LogP contribution >= 0.6 is 0 Å². The van der Waals surface area contributed by atoms with Crippen LogP contribution in [0.25, 0.3) is 0 Å². The van der Waals surface area contributed by atoms with E-state index in [9.17, 15) is 9.59 Å². The Hall–Kier alpha value is -1.06. The van der Waals surface area contributed by atoms with Gasteiger partial charge < -0.3 is 9.80 Å². The molecule has 2 rings (SSSR count). The van der Waals surface area contributed by atoms with E-state index >= 15 is 0 Å². The van der Waals surface area contributed by atoms with Crippen LogP contribution in [-0.2, 0) is 9.59 Å². The lowest BCUT2D eigenvalue weighted by Gasteiger charge is -2.36. The highest BCUT2D eigenvalue weighted by Gasteiger charge is 2.38. The second kappa shape index (κ2) is 7.28. The molecule has 0 spiro atoms. The van der Waals surface area contributed by atoms with Crippen LogP contribution in [0.3, 0.4) is 0 Å². The largest absolute Gasteiger partial charge is 0.342 e. The van der Waals surface area contributed by atoms with Crippen LogP contribution in [0, 0.1) is 11.8 Å². The van der Waals surface area contributed by atoms with Gasteiger partial charge in [-0.15, -0.1) is 0 Å². The normalized spacial score (nSPS) is 26.8. The molecule has 2 aliphatic heterocycles. The Balaban J connectivity index is 1.92. The van der Waals surface area contributed by atoms with Crippen molar-refractivity contribution in [3.8, 4) is 0 Å². The predicted octanol–water partition coefficient (Wildman–Crippen LogP) is 2.67. The fraction of sp³-hybridized carbons (Fsp3) is 0.882. The molecule has 0 aliphatic carbocycles. The molecule has 0 bridgehead atoms. The minimum atomic E-state index is -0.100. The number of carbonyl (C=O) groups is 2. The average Bonchev–Trinajstić information content (AvgIpc) is 2.85. The van der Waals surface area contributed by atoms with Gasteiger partial charge in [-0.05, 0) is 38.0 Å². The molecule has 0 aromatic carbocycles. The third-order valence-electron chi connectivity index (χ3n) is 4.92. The zero-order chi connectivity index (χ0) is 15.4. The maximum Gasteiger partial charge on any atom is 0.228 e. The molecule has 0 N–H and O–H groups in total. The van der Waals surface area contributed by atoms with E-state index in [-0.39, 0.29) is 17.7 Å². The standard InChI is InChI=1S/C17H30N2O2/c1-4-15-7-5-6-9-19(15)17(21)14-11-16(20)18(12-14)10-8-13(2)3/h13-15H,4-12H2,1-3H3. The van der Waals surface area contributed by atoms with Gasteiger partial charge in [-0.3, -0.25) is 9.59 Å². The van der Waals surface area contributed by atoms with Crippen LogP contribution in [0.2, 0.25) is 0 Å². The minimum absolute atomic E-state index is 0.100. The maximum absolute atomic E-state index is 12.7. The van der Waals surface area contributed by atoms with Crippen molar-refractivity contribution in [3.05, 3.63) is 0 Å². The van der Waals surface area contributed by atoms with E-state index in [4.69, 9.17) is 0 Å². The molecular weight excluding hydrogens is 264 g/mol. The fourth-order valence-corrected chi connectivity index (χ4v) is 3.52. The van der Waals surface area contributed by atoms with Crippen LogP contribution in [0.5, 0.6) is 0 Å². The molecule has 2 saturated heterocycles. The third kappa shape index (κ3) is 3.98. The summed E-state index contributed by atoms with van der Waals surface area (Å²) in [5, 5.41) is 0. The van der Waals surface area contributed by atoms with Gasteiger partial charge >= 0.3 is 0 Å². The summed E-state index contributed by atoms with van der Waals surface area (Å²) >= 11 is 0. The zero-order valence-corrected chi connectivity index (χ0v) is 13.8.